The summed E-state index contributed by atoms with van der Waals surface area (Å²) in [7, 11) is 0. The lowest BCUT2D eigenvalue weighted by Crippen LogP contribution is -2.60. The van der Waals surface area contributed by atoms with Gasteiger partial charge in [0.25, 0.3) is 0 Å². The molecule has 0 radical (unpaired) electrons. The van der Waals surface area contributed by atoms with Crippen molar-refractivity contribution < 1.29 is 4.79 Å². The van der Waals surface area contributed by atoms with Crippen LogP contribution in [0, 0.1) is 13.8 Å². The number of aryl methyl sites for hydroxylation is 2. The number of rotatable bonds is 3. The summed E-state index contributed by atoms with van der Waals surface area (Å²) in [6.45, 7) is 9.28. The second-order valence-corrected chi connectivity index (χ2v) is 7.24. The normalized spacial score (nSPS) is 25.3. The van der Waals surface area contributed by atoms with Crippen molar-refractivity contribution in [1.82, 2.24) is 20.2 Å². The van der Waals surface area contributed by atoms with E-state index in [2.05, 4.69) is 27.1 Å². The number of piperidine rings is 2. The highest BCUT2D eigenvalue weighted by Gasteiger charge is 2.42. The largest absolute Gasteiger partial charge is 0.317 e. The van der Waals surface area contributed by atoms with E-state index in [1.807, 2.05) is 13.8 Å². The van der Waals surface area contributed by atoms with Crippen LogP contribution in [0.5, 0.6) is 0 Å². The summed E-state index contributed by atoms with van der Waals surface area (Å²) in [5.41, 5.74) is 2.48. The lowest BCUT2D eigenvalue weighted by atomic mass is 9.82. The van der Waals surface area contributed by atoms with Gasteiger partial charge in [-0.25, -0.2) is 9.97 Å². The van der Waals surface area contributed by atoms with E-state index in [-0.39, 0.29) is 17.4 Å². The minimum atomic E-state index is -0.0183. The third kappa shape index (κ3) is 3.17. The van der Waals surface area contributed by atoms with Gasteiger partial charge in [0.1, 0.15) is 6.33 Å². The number of aromatic nitrogens is 2. The molecule has 1 atom stereocenters. The molecule has 5 nitrogen and oxygen atoms in total. The second kappa shape index (κ2) is 6.65. The third-order valence-corrected chi connectivity index (χ3v) is 5.65. The average molecular weight is 316 g/mol. The van der Waals surface area contributed by atoms with Crippen LogP contribution in [0.1, 0.15) is 60.8 Å². The van der Waals surface area contributed by atoms with Gasteiger partial charge in [-0.3, -0.25) is 9.69 Å². The maximum Gasteiger partial charge on any atom is 0.183 e. The van der Waals surface area contributed by atoms with Crippen molar-refractivity contribution >= 4 is 5.78 Å². The van der Waals surface area contributed by atoms with E-state index in [0.717, 1.165) is 62.3 Å². The van der Waals surface area contributed by atoms with Crippen LogP contribution in [0.3, 0.4) is 0 Å². The molecule has 2 saturated heterocycles. The SMILES string of the molecule is Cc1ncnc(C)c1C(=O)C1CCCCN1C1(C)CCNCC1. The van der Waals surface area contributed by atoms with Crippen molar-refractivity contribution in [3.63, 3.8) is 0 Å². The first-order chi connectivity index (χ1) is 11.0. The van der Waals surface area contributed by atoms with Gasteiger partial charge in [-0.15, -0.1) is 0 Å². The summed E-state index contributed by atoms with van der Waals surface area (Å²) in [5.74, 6) is 0.222. The second-order valence-electron chi connectivity index (χ2n) is 7.24. The first kappa shape index (κ1) is 16.5. The average Bonchev–Trinajstić information content (AvgIpc) is 2.55. The molecular weight excluding hydrogens is 288 g/mol. The first-order valence-corrected chi connectivity index (χ1v) is 8.83. The van der Waals surface area contributed by atoms with Gasteiger partial charge < -0.3 is 5.32 Å². The van der Waals surface area contributed by atoms with Gasteiger partial charge in [-0.1, -0.05) is 6.42 Å². The van der Waals surface area contributed by atoms with Crippen molar-refractivity contribution in [2.75, 3.05) is 19.6 Å². The molecule has 2 aliphatic heterocycles. The monoisotopic (exact) mass is 316 g/mol. The van der Waals surface area contributed by atoms with E-state index in [1.165, 1.54) is 6.42 Å². The summed E-state index contributed by atoms with van der Waals surface area (Å²) in [5, 5.41) is 3.44. The van der Waals surface area contributed by atoms with Gasteiger partial charge in [-0.2, -0.15) is 0 Å². The van der Waals surface area contributed by atoms with Gasteiger partial charge in [0.05, 0.1) is 23.0 Å². The third-order valence-electron chi connectivity index (χ3n) is 5.65. The van der Waals surface area contributed by atoms with Crippen LogP contribution >= 0.6 is 0 Å². The highest BCUT2D eigenvalue weighted by atomic mass is 16.1. The fourth-order valence-electron chi connectivity index (χ4n) is 4.22. The number of nitrogens with one attached hydrogen (secondary N) is 1. The Hall–Kier alpha value is -1.33. The molecule has 1 unspecified atom stereocenters. The number of hydrogen-bond donors (Lipinski definition) is 1. The zero-order chi connectivity index (χ0) is 16.4. The van der Waals surface area contributed by atoms with Gasteiger partial charge >= 0.3 is 0 Å². The molecule has 23 heavy (non-hydrogen) atoms. The molecule has 1 aromatic rings. The quantitative estimate of drug-likeness (QED) is 0.867. The Morgan fingerprint density at radius 2 is 1.87 bits per heavy atom. The van der Waals surface area contributed by atoms with Crippen molar-refractivity contribution in [1.29, 1.82) is 0 Å². The molecule has 1 N–H and O–H groups in total. The molecule has 0 bridgehead atoms. The van der Waals surface area contributed by atoms with Crippen LogP contribution in [-0.4, -0.2) is 51.9 Å². The van der Waals surface area contributed by atoms with E-state index >= 15 is 0 Å². The zero-order valence-corrected chi connectivity index (χ0v) is 14.6. The van der Waals surface area contributed by atoms with Gasteiger partial charge in [0, 0.05) is 5.54 Å². The molecule has 1 aromatic heterocycles. The summed E-state index contributed by atoms with van der Waals surface area (Å²) in [6, 6.07) is -0.0183. The maximum atomic E-state index is 13.3. The number of carbonyl (C=O) groups excluding carboxylic acids is 1. The maximum absolute atomic E-state index is 13.3. The molecule has 0 spiro atoms. The number of hydrogen-bond acceptors (Lipinski definition) is 5. The summed E-state index contributed by atoms with van der Waals surface area (Å²) in [4.78, 5) is 24.3. The minimum Gasteiger partial charge on any atom is -0.317 e. The van der Waals surface area contributed by atoms with Gasteiger partial charge in [0.15, 0.2) is 5.78 Å². The number of ketones is 1. The number of nitrogens with zero attached hydrogens (tertiary/aromatic N) is 3. The van der Waals surface area contributed by atoms with Crippen LogP contribution in [0.25, 0.3) is 0 Å². The zero-order valence-electron chi connectivity index (χ0n) is 14.6. The molecule has 0 aliphatic carbocycles. The Bertz CT molecular complexity index is 560. The molecular formula is C18H28N4O. The van der Waals surface area contributed by atoms with Gasteiger partial charge in [-0.05, 0) is 66.1 Å². The predicted molar refractivity (Wildman–Crippen MR) is 90.7 cm³/mol. The van der Waals surface area contributed by atoms with Crippen LogP contribution in [-0.2, 0) is 0 Å². The van der Waals surface area contributed by atoms with Crippen molar-refractivity contribution in [2.45, 2.75) is 64.5 Å². The van der Waals surface area contributed by atoms with Crippen LogP contribution in [0.4, 0.5) is 0 Å². The lowest BCUT2D eigenvalue weighted by Gasteiger charge is -2.49. The number of carbonyl (C=O) groups is 1. The lowest BCUT2D eigenvalue weighted by molar-refractivity contribution is 0.0112. The Balaban J connectivity index is 1.90. The Morgan fingerprint density at radius 3 is 2.52 bits per heavy atom. The topological polar surface area (TPSA) is 58.1 Å². The molecule has 126 valence electrons. The van der Waals surface area contributed by atoms with Crippen molar-refractivity contribution in [3.8, 4) is 0 Å². The van der Waals surface area contributed by atoms with Crippen molar-refractivity contribution in [3.05, 3.63) is 23.3 Å². The summed E-state index contributed by atoms with van der Waals surface area (Å²) in [6.07, 6.45) is 7.05. The Kier molecular flexibility index (Phi) is 4.78. The standard InChI is InChI=1S/C18H28N4O/c1-13-16(14(2)21-12-20-13)17(23)15-6-4-5-11-22(15)18(3)7-9-19-10-8-18/h12,15,19H,4-11H2,1-3H3. The van der Waals surface area contributed by atoms with E-state index < -0.39 is 0 Å². The molecule has 2 aliphatic rings. The summed E-state index contributed by atoms with van der Waals surface area (Å²) < 4.78 is 0. The smallest absolute Gasteiger partial charge is 0.183 e. The number of Topliss-reactive ketones (excluding diaryl/α,β-unsaturated/α-hetero) is 1. The molecule has 3 heterocycles. The molecule has 0 saturated carbocycles. The van der Waals surface area contributed by atoms with E-state index in [1.54, 1.807) is 6.33 Å². The van der Waals surface area contributed by atoms with Crippen LogP contribution in [0.15, 0.2) is 6.33 Å². The van der Waals surface area contributed by atoms with Crippen molar-refractivity contribution in [2.24, 2.45) is 0 Å². The molecule has 2 fully saturated rings. The van der Waals surface area contributed by atoms with Gasteiger partial charge in [0.2, 0.25) is 0 Å². The minimum absolute atomic E-state index is 0.0183. The number of likely N-dealkylation sites (tertiary alicyclic amines) is 1. The van der Waals surface area contributed by atoms with E-state index in [0.29, 0.717) is 0 Å². The van der Waals surface area contributed by atoms with Crippen LogP contribution < -0.4 is 5.32 Å². The molecule has 3 rings (SSSR count). The summed E-state index contributed by atoms with van der Waals surface area (Å²) >= 11 is 0. The molecule has 5 heteroatoms. The van der Waals surface area contributed by atoms with E-state index in [9.17, 15) is 4.79 Å². The highest BCUT2D eigenvalue weighted by molar-refractivity contribution is 6.01. The fourth-order valence-corrected chi connectivity index (χ4v) is 4.22. The highest BCUT2D eigenvalue weighted by Crippen LogP contribution is 2.34. The Labute approximate surface area is 138 Å². The van der Waals surface area contributed by atoms with Crippen LogP contribution in [0.2, 0.25) is 0 Å². The molecule has 0 amide bonds. The molecule has 0 aromatic carbocycles. The Morgan fingerprint density at radius 1 is 1.22 bits per heavy atom. The fraction of sp³-hybridized carbons (Fsp3) is 0.722. The van der Waals surface area contributed by atoms with E-state index in [4.69, 9.17) is 0 Å². The first-order valence-electron chi connectivity index (χ1n) is 8.83. The predicted octanol–water partition coefficient (Wildman–Crippen LogP) is 2.27.